The molecular weight excluding hydrogens is 390 g/mol. The van der Waals surface area contributed by atoms with E-state index in [1.807, 2.05) is 6.92 Å². The molecule has 9 nitrogen and oxygen atoms in total. The second-order valence-corrected chi connectivity index (χ2v) is 7.54. The highest BCUT2D eigenvalue weighted by Crippen LogP contribution is 2.34. The molecule has 1 N–H and O–H groups in total. The van der Waals surface area contributed by atoms with E-state index >= 15 is 0 Å². The number of aromatic nitrogens is 5. The standard InChI is InChI=1S/C16H17N5O4S2/c1-3-9-6-10(25-16(26)20-5-4-17-7-20)14(24-9)21-12-11(27-15(21)23)13(22)19-8(2)18-12/h4-5,7,9-10,14H,3,6H2,1-2H3,(H,18,19,22)/t9-,10-,14?/m1/s1. The van der Waals surface area contributed by atoms with Gasteiger partial charge < -0.3 is 14.5 Å². The van der Waals surface area contributed by atoms with Crippen LogP contribution in [0.15, 0.2) is 28.3 Å². The van der Waals surface area contributed by atoms with Crippen molar-refractivity contribution in [3.8, 4) is 0 Å². The molecule has 0 saturated carbocycles. The van der Waals surface area contributed by atoms with E-state index in [0.717, 1.165) is 17.8 Å². The Morgan fingerprint density at radius 1 is 1.52 bits per heavy atom. The average Bonchev–Trinajstić information content (AvgIpc) is 3.33. The summed E-state index contributed by atoms with van der Waals surface area (Å²) in [5.41, 5.74) is -0.0371. The highest BCUT2D eigenvalue weighted by atomic mass is 32.1. The van der Waals surface area contributed by atoms with Gasteiger partial charge in [-0.1, -0.05) is 18.3 Å². The maximum atomic E-state index is 12.6. The summed E-state index contributed by atoms with van der Waals surface area (Å²) in [6, 6.07) is 0. The van der Waals surface area contributed by atoms with Gasteiger partial charge in [0.2, 0.25) is 0 Å². The summed E-state index contributed by atoms with van der Waals surface area (Å²) in [7, 11) is 0. The summed E-state index contributed by atoms with van der Waals surface area (Å²) in [6.07, 6.45) is 4.87. The molecule has 11 heteroatoms. The lowest BCUT2D eigenvalue weighted by Gasteiger charge is -2.21. The molecule has 1 aliphatic heterocycles. The minimum atomic E-state index is -0.716. The van der Waals surface area contributed by atoms with E-state index in [9.17, 15) is 9.59 Å². The fourth-order valence-corrected chi connectivity index (χ4v) is 4.21. The number of thiocarbonyl (C=S) groups is 1. The molecule has 1 saturated heterocycles. The summed E-state index contributed by atoms with van der Waals surface area (Å²) in [6.45, 7) is 3.67. The second kappa shape index (κ2) is 6.98. The second-order valence-electron chi connectivity index (χ2n) is 6.23. The molecule has 1 aliphatic rings. The number of nitrogens with zero attached hydrogens (tertiary/aromatic N) is 4. The molecule has 27 heavy (non-hydrogen) atoms. The third-order valence-corrected chi connectivity index (χ3v) is 5.66. The number of imidazole rings is 1. The number of thiazole rings is 1. The molecule has 1 fully saturated rings. The first kappa shape index (κ1) is 18.0. The number of hydrogen-bond acceptors (Lipinski definition) is 8. The Bertz CT molecular complexity index is 1100. The van der Waals surface area contributed by atoms with Crippen LogP contribution in [0.5, 0.6) is 0 Å². The van der Waals surface area contributed by atoms with Gasteiger partial charge in [-0.2, -0.15) is 0 Å². The number of aromatic amines is 1. The summed E-state index contributed by atoms with van der Waals surface area (Å²) < 4.78 is 15.3. The molecule has 4 heterocycles. The normalized spacial score (nSPS) is 22.4. The molecule has 3 aromatic heterocycles. The van der Waals surface area contributed by atoms with Crippen LogP contribution in [0.25, 0.3) is 10.3 Å². The van der Waals surface area contributed by atoms with Crippen LogP contribution in [0, 0.1) is 6.92 Å². The van der Waals surface area contributed by atoms with Crippen molar-refractivity contribution in [2.24, 2.45) is 0 Å². The van der Waals surface area contributed by atoms with Crippen LogP contribution in [0.4, 0.5) is 0 Å². The van der Waals surface area contributed by atoms with E-state index in [2.05, 4.69) is 15.0 Å². The molecule has 142 valence electrons. The van der Waals surface area contributed by atoms with Gasteiger partial charge in [0, 0.05) is 18.8 Å². The smallest absolute Gasteiger partial charge is 0.311 e. The van der Waals surface area contributed by atoms with E-state index in [4.69, 9.17) is 21.7 Å². The van der Waals surface area contributed by atoms with Gasteiger partial charge in [0.1, 0.15) is 23.0 Å². The van der Waals surface area contributed by atoms with Gasteiger partial charge in [-0.05, 0) is 25.6 Å². The fraction of sp³-hybridized carbons (Fsp3) is 0.438. The van der Waals surface area contributed by atoms with E-state index < -0.39 is 12.3 Å². The third-order valence-electron chi connectivity index (χ3n) is 4.41. The highest BCUT2D eigenvalue weighted by Gasteiger charge is 2.40. The number of hydrogen-bond donors (Lipinski definition) is 1. The maximum absolute atomic E-state index is 12.6. The predicted octanol–water partition coefficient (Wildman–Crippen LogP) is 1.57. The maximum Gasteiger partial charge on any atom is 0.311 e. The molecule has 0 aliphatic carbocycles. The van der Waals surface area contributed by atoms with Gasteiger partial charge in [0.25, 0.3) is 10.7 Å². The Morgan fingerprint density at radius 3 is 3.04 bits per heavy atom. The van der Waals surface area contributed by atoms with Crippen molar-refractivity contribution in [3.05, 3.63) is 44.6 Å². The van der Waals surface area contributed by atoms with Crippen molar-refractivity contribution >= 4 is 39.1 Å². The molecule has 0 amide bonds. The molecule has 0 aromatic carbocycles. The molecule has 0 radical (unpaired) electrons. The Hall–Kier alpha value is -2.37. The van der Waals surface area contributed by atoms with E-state index in [1.54, 1.807) is 30.2 Å². The molecule has 3 aromatic rings. The summed E-state index contributed by atoms with van der Waals surface area (Å²) >= 11 is 6.17. The number of rotatable bonds is 3. The predicted molar refractivity (Wildman–Crippen MR) is 103 cm³/mol. The number of ether oxygens (including phenoxy) is 2. The zero-order valence-corrected chi connectivity index (χ0v) is 16.2. The van der Waals surface area contributed by atoms with Crippen molar-refractivity contribution in [1.82, 2.24) is 24.1 Å². The van der Waals surface area contributed by atoms with Crippen molar-refractivity contribution in [1.29, 1.82) is 0 Å². The van der Waals surface area contributed by atoms with Gasteiger partial charge >= 0.3 is 4.87 Å². The van der Waals surface area contributed by atoms with Crippen molar-refractivity contribution in [3.63, 3.8) is 0 Å². The first-order valence-corrected chi connectivity index (χ1v) is 9.66. The molecule has 1 unspecified atom stereocenters. The van der Waals surface area contributed by atoms with Gasteiger partial charge in [0.15, 0.2) is 11.9 Å². The lowest BCUT2D eigenvalue weighted by molar-refractivity contribution is -0.0329. The van der Waals surface area contributed by atoms with Crippen molar-refractivity contribution in [2.45, 2.75) is 45.1 Å². The monoisotopic (exact) mass is 407 g/mol. The molecule has 0 bridgehead atoms. The summed E-state index contributed by atoms with van der Waals surface area (Å²) in [4.78, 5) is 35.4. The summed E-state index contributed by atoms with van der Waals surface area (Å²) in [5.74, 6) is 0.426. The Balaban J connectivity index is 1.75. The number of nitrogens with one attached hydrogen (secondary N) is 1. The summed E-state index contributed by atoms with van der Waals surface area (Å²) in [5, 5.41) is 0.220. The van der Waals surface area contributed by atoms with E-state index in [0.29, 0.717) is 17.9 Å². The zero-order valence-electron chi connectivity index (χ0n) is 14.6. The van der Waals surface area contributed by atoms with Gasteiger partial charge in [-0.3, -0.25) is 18.7 Å². The van der Waals surface area contributed by atoms with Crippen LogP contribution in [0.3, 0.4) is 0 Å². The van der Waals surface area contributed by atoms with Gasteiger partial charge in [0.05, 0.1) is 6.10 Å². The number of fused-ring (bicyclic) bond motifs is 1. The first-order chi connectivity index (χ1) is 13.0. The van der Waals surface area contributed by atoms with Crippen LogP contribution in [-0.4, -0.2) is 41.5 Å². The Kier molecular flexibility index (Phi) is 4.66. The highest BCUT2D eigenvalue weighted by molar-refractivity contribution is 7.80. The third kappa shape index (κ3) is 3.22. The number of H-pyrrole nitrogens is 1. The lowest BCUT2D eigenvalue weighted by atomic mass is 10.1. The van der Waals surface area contributed by atoms with Crippen LogP contribution in [0.1, 0.15) is 31.8 Å². The lowest BCUT2D eigenvalue weighted by Crippen LogP contribution is -2.31. The van der Waals surface area contributed by atoms with E-state index in [-0.39, 0.29) is 26.4 Å². The van der Waals surface area contributed by atoms with Crippen LogP contribution in [-0.2, 0) is 9.47 Å². The van der Waals surface area contributed by atoms with Crippen molar-refractivity contribution in [2.75, 3.05) is 0 Å². The van der Waals surface area contributed by atoms with E-state index in [1.165, 1.54) is 4.57 Å². The van der Waals surface area contributed by atoms with Crippen LogP contribution >= 0.6 is 23.6 Å². The first-order valence-electron chi connectivity index (χ1n) is 8.44. The largest absolute Gasteiger partial charge is 0.462 e. The topological polar surface area (TPSA) is 104 Å². The zero-order chi connectivity index (χ0) is 19.1. The Labute approximate surface area is 162 Å². The van der Waals surface area contributed by atoms with Crippen LogP contribution in [0.2, 0.25) is 0 Å². The quantitative estimate of drug-likeness (QED) is 0.657. The van der Waals surface area contributed by atoms with Crippen LogP contribution < -0.4 is 10.4 Å². The molecule has 3 atom stereocenters. The molecule has 0 spiro atoms. The fourth-order valence-electron chi connectivity index (χ4n) is 3.13. The SMILES string of the molecule is CC[C@@H]1C[C@@H](OC(=S)n2ccnc2)C(n2c(=O)sc3c(=O)[nH]c(C)nc32)O1. The van der Waals surface area contributed by atoms with Gasteiger partial charge in [-0.25, -0.2) is 9.97 Å². The number of aryl methyl sites for hydroxylation is 1. The van der Waals surface area contributed by atoms with Crippen molar-refractivity contribution < 1.29 is 9.47 Å². The Morgan fingerprint density at radius 2 is 2.33 bits per heavy atom. The average molecular weight is 407 g/mol. The molecular formula is C16H17N5O4S2. The minimum Gasteiger partial charge on any atom is -0.462 e. The molecule has 4 rings (SSSR count). The van der Waals surface area contributed by atoms with Gasteiger partial charge in [-0.15, -0.1) is 0 Å². The minimum absolute atomic E-state index is 0.0875.